The third kappa shape index (κ3) is 5.01. The lowest BCUT2D eigenvalue weighted by Gasteiger charge is -2.25. The number of likely N-dealkylation sites (N-methyl/N-ethyl adjacent to an activating group) is 1. The van der Waals surface area contributed by atoms with Gasteiger partial charge in [-0.05, 0) is 49.5 Å². The van der Waals surface area contributed by atoms with E-state index in [4.69, 9.17) is 4.74 Å². The molecule has 1 N–H and O–H groups in total. The van der Waals surface area contributed by atoms with E-state index in [2.05, 4.69) is 55.3 Å². The van der Waals surface area contributed by atoms with Crippen molar-refractivity contribution in [3.05, 3.63) is 29.8 Å². The van der Waals surface area contributed by atoms with Crippen LogP contribution in [0, 0.1) is 5.92 Å². The van der Waals surface area contributed by atoms with Gasteiger partial charge in [-0.25, -0.2) is 0 Å². The Labute approximate surface area is 129 Å². The molecule has 1 aliphatic heterocycles. The molecule has 1 aromatic carbocycles. The standard InChI is InChI=1S/C18H30N2O/c1-4-12-21-17-8-6-16(7-9-17)18(19-5-2)14-20-11-10-15(3)13-20/h6-9,15,18-19H,4-5,10-14H2,1-3H3. The van der Waals surface area contributed by atoms with Crippen LogP contribution in [0.25, 0.3) is 0 Å². The number of ether oxygens (including phenoxy) is 1. The van der Waals surface area contributed by atoms with Crippen molar-refractivity contribution in [2.75, 3.05) is 32.8 Å². The molecular formula is C18H30N2O. The van der Waals surface area contributed by atoms with Crippen LogP contribution in [0.3, 0.4) is 0 Å². The molecule has 2 atom stereocenters. The number of benzene rings is 1. The van der Waals surface area contributed by atoms with Gasteiger partial charge in [-0.15, -0.1) is 0 Å². The average Bonchev–Trinajstić information content (AvgIpc) is 2.90. The molecule has 0 aliphatic carbocycles. The lowest BCUT2D eigenvalue weighted by atomic mass is 10.1. The summed E-state index contributed by atoms with van der Waals surface area (Å²) < 4.78 is 5.67. The van der Waals surface area contributed by atoms with E-state index in [0.717, 1.165) is 37.8 Å². The topological polar surface area (TPSA) is 24.5 Å². The Kier molecular flexibility index (Phi) is 6.52. The van der Waals surface area contributed by atoms with E-state index in [9.17, 15) is 0 Å². The summed E-state index contributed by atoms with van der Waals surface area (Å²) in [4.78, 5) is 2.58. The van der Waals surface area contributed by atoms with Crippen molar-refractivity contribution in [1.82, 2.24) is 10.2 Å². The minimum Gasteiger partial charge on any atom is -0.494 e. The number of hydrogen-bond donors (Lipinski definition) is 1. The lowest BCUT2D eigenvalue weighted by Crippen LogP contribution is -2.34. The van der Waals surface area contributed by atoms with E-state index in [0.29, 0.717) is 6.04 Å². The van der Waals surface area contributed by atoms with Gasteiger partial charge >= 0.3 is 0 Å². The minimum atomic E-state index is 0.417. The Morgan fingerprint density at radius 1 is 1.29 bits per heavy atom. The fourth-order valence-electron chi connectivity index (χ4n) is 3.00. The molecule has 0 saturated carbocycles. The van der Waals surface area contributed by atoms with Gasteiger partial charge in [-0.2, -0.15) is 0 Å². The number of hydrogen-bond acceptors (Lipinski definition) is 3. The predicted molar refractivity (Wildman–Crippen MR) is 88.9 cm³/mol. The van der Waals surface area contributed by atoms with Crippen molar-refractivity contribution in [2.24, 2.45) is 5.92 Å². The lowest BCUT2D eigenvalue weighted by molar-refractivity contribution is 0.286. The molecule has 1 aromatic rings. The third-order valence-corrected chi connectivity index (χ3v) is 4.15. The maximum absolute atomic E-state index is 5.67. The van der Waals surface area contributed by atoms with Crippen LogP contribution in [-0.4, -0.2) is 37.7 Å². The highest BCUT2D eigenvalue weighted by atomic mass is 16.5. The highest BCUT2D eigenvalue weighted by molar-refractivity contribution is 5.29. The van der Waals surface area contributed by atoms with E-state index in [-0.39, 0.29) is 0 Å². The average molecular weight is 290 g/mol. The summed E-state index contributed by atoms with van der Waals surface area (Å²) in [6.45, 7) is 12.0. The summed E-state index contributed by atoms with van der Waals surface area (Å²) in [5.41, 5.74) is 1.36. The van der Waals surface area contributed by atoms with Crippen molar-refractivity contribution in [1.29, 1.82) is 0 Å². The Morgan fingerprint density at radius 3 is 2.62 bits per heavy atom. The zero-order valence-electron chi connectivity index (χ0n) is 13.8. The van der Waals surface area contributed by atoms with Gasteiger partial charge in [0.1, 0.15) is 5.75 Å². The molecule has 0 aromatic heterocycles. The number of nitrogens with zero attached hydrogens (tertiary/aromatic N) is 1. The zero-order chi connectivity index (χ0) is 15.1. The Bertz CT molecular complexity index is 404. The third-order valence-electron chi connectivity index (χ3n) is 4.15. The van der Waals surface area contributed by atoms with Crippen LogP contribution in [-0.2, 0) is 0 Å². The number of nitrogens with one attached hydrogen (secondary N) is 1. The molecule has 21 heavy (non-hydrogen) atoms. The molecule has 1 saturated heterocycles. The minimum absolute atomic E-state index is 0.417. The van der Waals surface area contributed by atoms with Crippen molar-refractivity contribution in [2.45, 2.75) is 39.7 Å². The van der Waals surface area contributed by atoms with Gasteiger partial charge < -0.3 is 15.0 Å². The fraction of sp³-hybridized carbons (Fsp3) is 0.667. The van der Waals surface area contributed by atoms with Crippen molar-refractivity contribution in [3.63, 3.8) is 0 Å². The number of rotatable bonds is 8. The van der Waals surface area contributed by atoms with Crippen molar-refractivity contribution < 1.29 is 4.74 Å². The smallest absolute Gasteiger partial charge is 0.119 e. The van der Waals surface area contributed by atoms with Crippen molar-refractivity contribution in [3.8, 4) is 5.75 Å². The van der Waals surface area contributed by atoms with Gasteiger partial charge in [-0.1, -0.05) is 32.9 Å². The highest BCUT2D eigenvalue weighted by Crippen LogP contribution is 2.22. The van der Waals surface area contributed by atoms with E-state index < -0.39 is 0 Å². The maximum Gasteiger partial charge on any atom is 0.119 e. The first-order valence-electron chi connectivity index (χ1n) is 8.41. The molecule has 1 heterocycles. The molecule has 1 aliphatic rings. The second kappa shape index (κ2) is 8.40. The Morgan fingerprint density at radius 2 is 2.05 bits per heavy atom. The molecule has 2 rings (SSSR count). The summed E-state index contributed by atoms with van der Waals surface area (Å²) in [5.74, 6) is 1.82. The molecule has 3 nitrogen and oxygen atoms in total. The van der Waals surface area contributed by atoms with Gasteiger partial charge in [0.05, 0.1) is 6.61 Å². The molecule has 0 bridgehead atoms. The quantitative estimate of drug-likeness (QED) is 0.793. The molecule has 0 spiro atoms. The highest BCUT2D eigenvalue weighted by Gasteiger charge is 2.22. The normalized spacial score (nSPS) is 20.6. The van der Waals surface area contributed by atoms with Crippen LogP contribution in [0.2, 0.25) is 0 Å². The van der Waals surface area contributed by atoms with Crippen molar-refractivity contribution >= 4 is 0 Å². The second-order valence-corrected chi connectivity index (χ2v) is 6.18. The van der Waals surface area contributed by atoms with Crippen LogP contribution in [0.4, 0.5) is 0 Å². The molecule has 2 unspecified atom stereocenters. The molecular weight excluding hydrogens is 260 g/mol. The van der Waals surface area contributed by atoms with E-state index in [1.54, 1.807) is 0 Å². The summed E-state index contributed by atoms with van der Waals surface area (Å²) in [6.07, 6.45) is 2.39. The molecule has 0 radical (unpaired) electrons. The van der Waals surface area contributed by atoms with Gasteiger partial charge in [0.2, 0.25) is 0 Å². The zero-order valence-corrected chi connectivity index (χ0v) is 13.8. The van der Waals surface area contributed by atoms with E-state index >= 15 is 0 Å². The maximum atomic E-state index is 5.67. The van der Waals surface area contributed by atoms with Crippen LogP contribution in [0.15, 0.2) is 24.3 Å². The van der Waals surface area contributed by atoms with Crippen LogP contribution >= 0.6 is 0 Å². The van der Waals surface area contributed by atoms with Crippen LogP contribution < -0.4 is 10.1 Å². The predicted octanol–water partition coefficient (Wildman–Crippen LogP) is 3.47. The molecule has 1 fully saturated rings. The fourth-order valence-corrected chi connectivity index (χ4v) is 3.00. The summed E-state index contributed by atoms with van der Waals surface area (Å²) in [7, 11) is 0. The summed E-state index contributed by atoms with van der Waals surface area (Å²) in [5, 5.41) is 3.62. The largest absolute Gasteiger partial charge is 0.494 e. The molecule has 118 valence electrons. The van der Waals surface area contributed by atoms with Crippen LogP contribution in [0.5, 0.6) is 5.75 Å². The summed E-state index contributed by atoms with van der Waals surface area (Å²) in [6, 6.07) is 9.03. The first-order valence-corrected chi connectivity index (χ1v) is 8.41. The first kappa shape index (κ1) is 16.3. The Balaban J connectivity index is 1.96. The summed E-state index contributed by atoms with van der Waals surface area (Å²) >= 11 is 0. The van der Waals surface area contributed by atoms with E-state index in [1.165, 1.54) is 25.1 Å². The first-order chi connectivity index (χ1) is 10.2. The second-order valence-electron chi connectivity index (χ2n) is 6.18. The van der Waals surface area contributed by atoms with Gasteiger partial charge in [0.25, 0.3) is 0 Å². The van der Waals surface area contributed by atoms with Crippen LogP contribution in [0.1, 0.15) is 45.2 Å². The SMILES string of the molecule is CCCOc1ccc(C(CN2CCC(C)C2)NCC)cc1. The Hall–Kier alpha value is -1.06. The monoisotopic (exact) mass is 290 g/mol. The molecule has 0 amide bonds. The number of likely N-dealkylation sites (tertiary alicyclic amines) is 1. The van der Waals surface area contributed by atoms with E-state index in [1.807, 2.05) is 0 Å². The van der Waals surface area contributed by atoms with Gasteiger partial charge in [0.15, 0.2) is 0 Å². The molecule has 3 heteroatoms. The van der Waals surface area contributed by atoms with Gasteiger partial charge in [0, 0.05) is 19.1 Å². The van der Waals surface area contributed by atoms with Gasteiger partial charge in [-0.3, -0.25) is 0 Å².